The zero-order chi connectivity index (χ0) is 16.6. The molecule has 0 aromatic heterocycles. The molecule has 23 heavy (non-hydrogen) atoms. The van der Waals surface area contributed by atoms with Crippen LogP contribution in [0.4, 0.5) is 4.39 Å². The highest BCUT2D eigenvalue weighted by Crippen LogP contribution is 2.41. The minimum Gasteiger partial charge on any atom is -0.497 e. The Morgan fingerprint density at radius 1 is 1.26 bits per heavy atom. The summed E-state index contributed by atoms with van der Waals surface area (Å²) < 4.78 is 19.7. The lowest BCUT2D eigenvalue weighted by Gasteiger charge is -2.40. The number of nitrogens with two attached hydrogens (primary N) is 1. The van der Waals surface area contributed by atoms with E-state index in [9.17, 15) is 4.39 Å². The molecule has 1 aliphatic heterocycles. The van der Waals surface area contributed by atoms with E-state index in [1.807, 2.05) is 12.1 Å². The van der Waals surface area contributed by atoms with Crippen molar-refractivity contribution in [1.29, 1.82) is 0 Å². The van der Waals surface area contributed by atoms with Crippen molar-refractivity contribution in [2.45, 2.75) is 18.9 Å². The predicted molar refractivity (Wildman–Crippen MR) is 90.4 cm³/mol. The summed E-state index contributed by atoms with van der Waals surface area (Å²) in [6.07, 6.45) is 0. The lowest BCUT2D eigenvalue weighted by molar-refractivity contribution is 0.222. The summed E-state index contributed by atoms with van der Waals surface area (Å²) in [7, 11) is 3.60. The zero-order valence-corrected chi connectivity index (χ0v) is 13.8. The van der Waals surface area contributed by atoms with Gasteiger partial charge in [-0.15, -0.1) is 0 Å². The summed E-state index contributed by atoms with van der Waals surface area (Å²) >= 11 is 0. The molecule has 2 aromatic carbocycles. The molecular weight excluding hydrogens is 291 g/mol. The van der Waals surface area contributed by atoms with Gasteiger partial charge in [0, 0.05) is 31.1 Å². The van der Waals surface area contributed by atoms with Crippen molar-refractivity contribution < 1.29 is 9.13 Å². The molecule has 2 atom stereocenters. The number of hydrogen-bond donors (Lipinski definition) is 1. The van der Waals surface area contributed by atoms with E-state index in [0.29, 0.717) is 17.9 Å². The normalized spacial score (nSPS) is 21.1. The Hall–Kier alpha value is -1.91. The van der Waals surface area contributed by atoms with E-state index < -0.39 is 0 Å². The number of hydrogen-bond acceptors (Lipinski definition) is 3. The fourth-order valence-electron chi connectivity index (χ4n) is 3.69. The van der Waals surface area contributed by atoms with E-state index in [1.165, 1.54) is 22.8 Å². The molecule has 0 saturated carbocycles. The summed E-state index contributed by atoms with van der Waals surface area (Å²) in [5.74, 6) is 0.327. The Kier molecular flexibility index (Phi) is 4.37. The van der Waals surface area contributed by atoms with Crippen molar-refractivity contribution in [3.63, 3.8) is 0 Å². The highest BCUT2D eigenvalue weighted by molar-refractivity contribution is 5.48. The van der Waals surface area contributed by atoms with Gasteiger partial charge in [0.1, 0.15) is 11.6 Å². The van der Waals surface area contributed by atoms with Gasteiger partial charge in [-0.1, -0.05) is 24.3 Å². The van der Waals surface area contributed by atoms with E-state index >= 15 is 0 Å². The van der Waals surface area contributed by atoms with Crippen molar-refractivity contribution in [2.24, 2.45) is 5.73 Å². The maximum atomic E-state index is 14.6. The molecule has 0 fully saturated rings. The largest absolute Gasteiger partial charge is 0.497 e. The molecule has 0 bridgehead atoms. The van der Waals surface area contributed by atoms with E-state index in [4.69, 9.17) is 10.5 Å². The van der Waals surface area contributed by atoms with Crippen molar-refractivity contribution in [3.8, 4) is 5.75 Å². The Morgan fingerprint density at radius 2 is 2.04 bits per heavy atom. The van der Waals surface area contributed by atoms with Gasteiger partial charge in [-0.3, -0.25) is 4.90 Å². The number of nitrogens with zero attached hydrogens (tertiary/aromatic N) is 1. The van der Waals surface area contributed by atoms with Gasteiger partial charge in [0.05, 0.1) is 7.11 Å². The van der Waals surface area contributed by atoms with Crippen LogP contribution in [0.1, 0.15) is 34.2 Å². The molecule has 2 unspecified atom stereocenters. The lowest BCUT2D eigenvalue weighted by Crippen LogP contribution is -2.39. The number of benzene rings is 2. The Bertz CT molecular complexity index is 717. The smallest absolute Gasteiger partial charge is 0.130 e. The fraction of sp³-hybridized carbons (Fsp3) is 0.368. The van der Waals surface area contributed by atoms with Gasteiger partial charge < -0.3 is 10.5 Å². The van der Waals surface area contributed by atoms with Crippen LogP contribution < -0.4 is 10.5 Å². The van der Waals surface area contributed by atoms with Crippen molar-refractivity contribution >= 4 is 0 Å². The average Bonchev–Trinajstić information content (AvgIpc) is 2.54. The Morgan fingerprint density at radius 3 is 2.70 bits per heavy atom. The summed E-state index contributed by atoms with van der Waals surface area (Å²) in [6.45, 7) is 3.40. The van der Waals surface area contributed by atoms with E-state index in [2.05, 4.69) is 37.1 Å². The highest BCUT2D eigenvalue weighted by atomic mass is 19.1. The fourth-order valence-corrected chi connectivity index (χ4v) is 3.69. The third-order valence-corrected chi connectivity index (χ3v) is 4.87. The number of ether oxygens (including phenoxy) is 1. The second-order valence-corrected chi connectivity index (χ2v) is 6.21. The molecule has 1 aliphatic rings. The Labute approximate surface area is 136 Å². The van der Waals surface area contributed by atoms with Crippen LogP contribution >= 0.6 is 0 Å². The molecule has 2 aromatic rings. The van der Waals surface area contributed by atoms with Crippen LogP contribution in [0.2, 0.25) is 0 Å². The molecule has 3 nitrogen and oxygen atoms in total. The van der Waals surface area contributed by atoms with Gasteiger partial charge in [0.25, 0.3) is 0 Å². The number of methoxy groups -OCH3 is 1. The summed E-state index contributed by atoms with van der Waals surface area (Å²) in [6, 6.07) is 11.6. The van der Waals surface area contributed by atoms with Crippen LogP contribution in [-0.4, -0.2) is 32.1 Å². The summed E-state index contributed by atoms with van der Waals surface area (Å²) in [5, 5.41) is 0. The third kappa shape index (κ3) is 2.73. The standard InChI is InChI=1S/C19H23FN2O/c1-12-5-4-6-15-18(10-21)22(2)11-16(19(12)15)14-8-7-13(23-3)9-17(14)20/h4-9,16,18H,10-11,21H2,1-3H3. The molecule has 0 aliphatic carbocycles. The highest BCUT2D eigenvalue weighted by Gasteiger charge is 2.33. The maximum Gasteiger partial charge on any atom is 0.130 e. The molecule has 4 heteroatoms. The van der Waals surface area contributed by atoms with Crippen LogP contribution in [0.5, 0.6) is 5.75 Å². The van der Waals surface area contributed by atoms with Crippen LogP contribution in [0, 0.1) is 12.7 Å². The quantitative estimate of drug-likeness (QED) is 0.945. The SMILES string of the molecule is COc1ccc(C2CN(C)C(CN)c3cccc(C)c32)c(F)c1. The topological polar surface area (TPSA) is 38.5 Å². The molecule has 0 spiro atoms. The van der Waals surface area contributed by atoms with Gasteiger partial charge >= 0.3 is 0 Å². The Balaban J connectivity index is 2.14. The number of halogens is 1. The molecule has 0 amide bonds. The number of likely N-dealkylation sites (N-methyl/N-ethyl adjacent to an activating group) is 1. The third-order valence-electron chi connectivity index (χ3n) is 4.87. The second-order valence-electron chi connectivity index (χ2n) is 6.21. The number of fused-ring (bicyclic) bond motifs is 1. The van der Waals surface area contributed by atoms with Crippen LogP contribution in [0.15, 0.2) is 36.4 Å². The first kappa shape index (κ1) is 16.0. The zero-order valence-electron chi connectivity index (χ0n) is 13.8. The average molecular weight is 314 g/mol. The van der Waals surface area contributed by atoms with Gasteiger partial charge in [0.15, 0.2) is 0 Å². The van der Waals surface area contributed by atoms with Crippen molar-refractivity contribution in [2.75, 3.05) is 27.2 Å². The molecule has 122 valence electrons. The molecule has 3 rings (SSSR count). The predicted octanol–water partition coefficient (Wildman–Crippen LogP) is 3.22. The van der Waals surface area contributed by atoms with E-state index in [1.54, 1.807) is 7.11 Å². The van der Waals surface area contributed by atoms with Crippen molar-refractivity contribution in [3.05, 3.63) is 64.5 Å². The van der Waals surface area contributed by atoms with E-state index in [-0.39, 0.29) is 17.8 Å². The molecule has 0 radical (unpaired) electrons. The van der Waals surface area contributed by atoms with Crippen molar-refractivity contribution in [1.82, 2.24) is 4.90 Å². The van der Waals surface area contributed by atoms with Crippen LogP contribution in [0.25, 0.3) is 0 Å². The minimum atomic E-state index is -0.219. The monoisotopic (exact) mass is 314 g/mol. The van der Waals surface area contributed by atoms with Gasteiger partial charge in [-0.05, 0) is 42.3 Å². The van der Waals surface area contributed by atoms with Crippen LogP contribution in [-0.2, 0) is 0 Å². The molecule has 0 saturated heterocycles. The van der Waals surface area contributed by atoms with Gasteiger partial charge in [-0.25, -0.2) is 4.39 Å². The summed E-state index contributed by atoms with van der Waals surface area (Å²) in [4.78, 5) is 2.22. The first-order valence-corrected chi connectivity index (χ1v) is 7.90. The van der Waals surface area contributed by atoms with Gasteiger partial charge in [-0.2, -0.15) is 0 Å². The number of rotatable bonds is 3. The lowest BCUT2D eigenvalue weighted by atomic mass is 9.79. The van der Waals surface area contributed by atoms with Gasteiger partial charge in [0.2, 0.25) is 0 Å². The molecule has 1 heterocycles. The first-order chi connectivity index (χ1) is 11.1. The molecular formula is C19H23FN2O. The van der Waals surface area contributed by atoms with Crippen LogP contribution in [0.3, 0.4) is 0 Å². The molecule has 2 N–H and O–H groups in total. The van der Waals surface area contributed by atoms with E-state index in [0.717, 1.165) is 6.54 Å². The number of aryl methyl sites for hydroxylation is 1. The maximum absolute atomic E-state index is 14.6. The minimum absolute atomic E-state index is 0.00454. The summed E-state index contributed by atoms with van der Waals surface area (Å²) in [5.41, 5.74) is 10.3. The first-order valence-electron chi connectivity index (χ1n) is 7.90. The second kappa shape index (κ2) is 6.30.